The first-order valence-electron chi connectivity index (χ1n) is 4.60. The second kappa shape index (κ2) is 4.89. The highest BCUT2D eigenvalue weighted by atomic mass is 127. The van der Waals surface area contributed by atoms with Crippen LogP contribution in [0.25, 0.3) is 11.4 Å². The lowest BCUT2D eigenvalue weighted by Gasteiger charge is -2.05. The summed E-state index contributed by atoms with van der Waals surface area (Å²) in [6, 6.07) is 2.03. The van der Waals surface area contributed by atoms with Crippen molar-refractivity contribution in [3.05, 3.63) is 26.6 Å². The van der Waals surface area contributed by atoms with Gasteiger partial charge in [-0.2, -0.15) is 11.3 Å². The predicted molar refractivity (Wildman–Crippen MR) is 72.2 cm³/mol. The first kappa shape index (κ1) is 10.8. The molecule has 0 aliphatic rings. The Kier molecular flexibility index (Phi) is 3.53. The predicted octanol–water partition coefficient (Wildman–Crippen LogP) is 3.24. The number of nitrogens with one attached hydrogen (secondary N) is 1. The van der Waals surface area contributed by atoms with Crippen molar-refractivity contribution in [2.24, 2.45) is 0 Å². The quantitative estimate of drug-likeness (QED) is 0.878. The van der Waals surface area contributed by atoms with E-state index >= 15 is 0 Å². The standard InChI is InChI=1S/C10H10IN3S/c1-2-12-10-8(11)5-13-9(14-10)7-3-4-15-6-7/h3-6H,2H2,1H3,(H,12,13,14). The van der Waals surface area contributed by atoms with Gasteiger partial charge in [-0.25, -0.2) is 9.97 Å². The van der Waals surface area contributed by atoms with Gasteiger partial charge in [-0.3, -0.25) is 0 Å². The van der Waals surface area contributed by atoms with Crippen molar-refractivity contribution >= 4 is 39.7 Å². The average Bonchev–Trinajstić information content (AvgIpc) is 2.75. The molecule has 3 nitrogen and oxygen atoms in total. The second-order valence-corrected chi connectivity index (χ2v) is 4.87. The summed E-state index contributed by atoms with van der Waals surface area (Å²) in [4.78, 5) is 8.79. The van der Waals surface area contributed by atoms with Crippen LogP contribution >= 0.6 is 33.9 Å². The van der Waals surface area contributed by atoms with Crippen molar-refractivity contribution in [3.63, 3.8) is 0 Å². The number of thiophene rings is 1. The Morgan fingerprint density at radius 2 is 2.40 bits per heavy atom. The summed E-state index contributed by atoms with van der Waals surface area (Å²) in [7, 11) is 0. The molecule has 0 unspecified atom stereocenters. The van der Waals surface area contributed by atoms with E-state index in [1.54, 1.807) is 11.3 Å². The number of hydrogen-bond acceptors (Lipinski definition) is 4. The van der Waals surface area contributed by atoms with E-state index in [-0.39, 0.29) is 0 Å². The third kappa shape index (κ3) is 2.46. The fourth-order valence-electron chi connectivity index (χ4n) is 1.19. The maximum Gasteiger partial charge on any atom is 0.162 e. The highest BCUT2D eigenvalue weighted by Gasteiger charge is 2.05. The normalized spacial score (nSPS) is 10.3. The van der Waals surface area contributed by atoms with Crippen molar-refractivity contribution in [2.45, 2.75) is 6.92 Å². The lowest BCUT2D eigenvalue weighted by atomic mass is 10.3. The molecule has 0 fully saturated rings. The molecule has 1 N–H and O–H groups in total. The first-order valence-corrected chi connectivity index (χ1v) is 6.62. The SMILES string of the molecule is CCNc1nc(-c2ccsc2)ncc1I. The van der Waals surface area contributed by atoms with E-state index in [2.05, 4.69) is 50.2 Å². The molecule has 2 heterocycles. The van der Waals surface area contributed by atoms with Crippen molar-refractivity contribution < 1.29 is 0 Å². The van der Waals surface area contributed by atoms with Crippen molar-refractivity contribution in [1.29, 1.82) is 0 Å². The highest BCUT2D eigenvalue weighted by molar-refractivity contribution is 14.1. The van der Waals surface area contributed by atoms with Gasteiger partial charge < -0.3 is 5.32 Å². The molecule has 0 aliphatic carbocycles. The molecule has 0 atom stereocenters. The van der Waals surface area contributed by atoms with Crippen LogP contribution in [0.4, 0.5) is 5.82 Å². The molecule has 15 heavy (non-hydrogen) atoms. The fourth-order valence-corrected chi connectivity index (χ4v) is 2.27. The third-order valence-corrected chi connectivity index (χ3v) is 3.34. The molecule has 0 radical (unpaired) electrons. The lowest BCUT2D eigenvalue weighted by molar-refractivity contribution is 1.10. The van der Waals surface area contributed by atoms with Crippen molar-refractivity contribution in [3.8, 4) is 11.4 Å². The van der Waals surface area contributed by atoms with Gasteiger partial charge in [-0.05, 0) is 41.0 Å². The van der Waals surface area contributed by atoms with Crippen molar-refractivity contribution in [2.75, 3.05) is 11.9 Å². The van der Waals surface area contributed by atoms with Crippen LogP contribution in [0, 0.1) is 3.57 Å². The van der Waals surface area contributed by atoms with E-state index in [1.165, 1.54) is 0 Å². The van der Waals surface area contributed by atoms with Crippen LogP contribution in [-0.4, -0.2) is 16.5 Å². The van der Waals surface area contributed by atoms with Gasteiger partial charge in [-0.1, -0.05) is 0 Å². The number of anilines is 1. The summed E-state index contributed by atoms with van der Waals surface area (Å²) in [5.74, 6) is 1.70. The molecule has 5 heteroatoms. The topological polar surface area (TPSA) is 37.8 Å². The van der Waals surface area contributed by atoms with E-state index < -0.39 is 0 Å². The fraction of sp³-hybridized carbons (Fsp3) is 0.200. The summed E-state index contributed by atoms with van der Waals surface area (Å²) in [6.07, 6.45) is 1.85. The number of nitrogens with zero attached hydrogens (tertiary/aromatic N) is 2. The van der Waals surface area contributed by atoms with E-state index in [4.69, 9.17) is 0 Å². The first-order chi connectivity index (χ1) is 7.31. The number of halogens is 1. The smallest absolute Gasteiger partial charge is 0.162 e. The molecule has 0 aromatic carbocycles. The molecule has 2 aromatic heterocycles. The summed E-state index contributed by atoms with van der Waals surface area (Å²) in [5.41, 5.74) is 1.08. The minimum Gasteiger partial charge on any atom is -0.369 e. The molecule has 0 amide bonds. The van der Waals surface area contributed by atoms with Crippen LogP contribution in [0.3, 0.4) is 0 Å². The summed E-state index contributed by atoms with van der Waals surface area (Å²) >= 11 is 3.89. The van der Waals surface area contributed by atoms with E-state index in [0.717, 1.165) is 27.3 Å². The monoisotopic (exact) mass is 331 g/mol. The molecule has 2 aromatic rings. The van der Waals surface area contributed by atoms with Crippen LogP contribution in [0.1, 0.15) is 6.92 Å². The molecule has 78 valence electrons. The highest BCUT2D eigenvalue weighted by Crippen LogP contribution is 2.22. The Labute approximate surface area is 106 Å². The second-order valence-electron chi connectivity index (χ2n) is 2.93. The zero-order chi connectivity index (χ0) is 10.7. The van der Waals surface area contributed by atoms with E-state index in [0.29, 0.717) is 0 Å². The molecular weight excluding hydrogens is 321 g/mol. The van der Waals surface area contributed by atoms with Gasteiger partial charge in [0.1, 0.15) is 5.82 Å². The van der Waals surface area contributed by atoms with E-state index in [1.807, 2.05) is 17.6 Å². The Morgan fingerprint density at radius 3 is 3.07 bits per heavy atom. The van der Waals surface area contributed by atoms with Crippen LogP contribution in [-0.2, 0) is 0 Å². The van der Waals surface area contributed by atoms with Crippen molar-refractivity contribution in [1.82, 2.24) is 9.97 Å². The van der Waals surface area contributed by atoms with Crippen LogP contribution in [0.2, 0.25) is 0 Å². The molecule has 0 aliphatic heterocycles. The molecule has 0 saturated carbocycles. The van der Waals surface area contributed by atoms with Crippen LogP contribution in [0.5, 0.6) is 0 Å². The van der Waals surface area contributed by atoms with Gasteiger partial charge in [0, 0.05) is 23.7 Å². The Bertz CT molecular complexity index is 442. The summed E-state index contributed by atoms with van der Waals surface area (Å²) in [6.45, 7) is 2.93. The van der Waals surface area contributed by atoms with Gasteiger partial charge in [-0.15, -0.1) is 0 Å². The maximum absolute atomic E-state index is 4.48. The van der Waals surface area contributed by atoms with Crippen LogP contribution in [0.15, 0.2) is 23.0 Å². The number of rotatable bonds is 3. The largest absolute Gasteiger partial charge is 0.369 e. The molecular formula is C10H10IN3S. The zero-order valence-electron chi connectivity index (χ0n) is 8.20. The van der Waals surface area contributed by atoms with Gasteiger partial charge in [0.25, 0.3) is 0 Å². The van der Waals surface area contributed by atoms with Gasteiger partial charge >= 0.3 is 0 Å². The minimum absolute atomic E-state index is 0.785. The Balaban J connectivity index is 2.38. The molecule has 2 rings (SSSR count). The van der Waals surface area contributed by atoms with E-state index in [9.17, 15) is 0 Å². The van der Waals surface area contributed by atoms with Gasteiger partial charge in [0.2, 0.25) is 0 Å². The average molecular weight is 331 g/mol. The summed E-state index contributed by atoms with van der Waals surface area (Å²) < 4.78 is 1.05. The minimum atomic E-state index is 0.785. The Morgan fingerprint density at radius 1 is 1.53 bits per heavy atom. The maximum atomic E-state index is 4.48. The molecule has 0 bridgehead atoms. The Hall–Kier alpha value is -0.690. The van der Waals surface area contributed by atoms with Crippen LogP contribution < -0.4 is 5.32 Å². The third-order valence-electron chi connectivity index (χ3n) is 1.87. The number of aromatic nitrogens is 2. The van der Waals surface area contributed by atoms with Gasteiger partial charge in [0.15, 0.2) is 5.82 Å². The molecule has 0 saturated heterocycles. The van der Waals surface area contributed by atoms with Gasteiger partial charge in [0.05, 0.1) is 3.57 Å². The number of hydrogen-bond donors (Lipinski definition) is 1. The zero-order valence-corrected chi connectivity index (χ0v) is 11.2. The summed E-state index contributed by atoms with van der Waals surface area (Å²) in [5, 5.41) is 7.31. The molecule has 0 spiro atoms. The lowest BCUT2D eigenvalue weighted by Crippen LogP contribution is -2.03.